The number of hydrogen-bond donors (Lipinski definition) is 1. The molecule has 2 rings (SSSR count). The number of fused-ring (bicyclic) bond motifs is 1. The van der Waals surface area contributed by atoms with Gasteiger partial charge in [-0.15, -0.1) is 0 Å². The molecule has 0 radical (unpaired) electrons. The Hall–Kier alpha value is -1.42. The molecular weight excluding hydrogens is 268 g/mol. The van der Waals surface area contributed by atoms with Gasteiger partial charge in [-0.2, -0.15) is 0 Å². The largest absolute Gasteiger partial charge is 0.481 e. The normalized spacial score (nSPS) is 13.7. The first-order valence-corrected chi connectivity index (χ1v) is 6.58. The van der Waals surface area contributed by atoms with E-state index in [0.29, 0.717) is 22.9 Å². The van der Waals surface area contributed by atoms with Crippen LogP contribution in [-0.4, -0.2) is 17.9 Å². The Labute approximate surface area is 117 Å². The second-order valence-electron chi connectivity index (χ2n) is 5.27. The zero-order valence-electron chi connectivity index (χ0n) is 11.2. The minimum Gasteiger partial charge on any atom is -0.481 e. The van der Waals surface area contributed by atoms with Crippen LogP contribution in [0.4, 0.5) is 0 Å². The fourth-order valence-electron chi connectivity index (χ4n) is 2.20. The van der Waals surface area contributed by atoms with E-state index in [1.165, 1.54) is 0 Å². The van der Waals surface area contributed by atoms with Crippen LogP contribution >= 0.6 is 11.6 Å². The number of hydrogen-bond acceptors (Lipinski definition) is 3. The van der Waals surface area contributed by atoms with Gasteiger partial charge in [0, 0.05) is 16.7 Å². The lowest BCUT2D eigenvalue weighted by molar-refractivity contribution is -0.146. The molecule has 104 valence electrons. The predicted molar refractivity (Wildman–Crippen MR) is 72.1 cm³/mol. The maximum Gasteiger partial charge on any atom is 0.309 e. The van der Waals surface area contributed by atoms with Crippen molar-refractivity contribution in [1.82, 2.24) is 0 Å². The first-order chi connectivity index (χ1) is 8.86. The lowest BCUT2D eigenvalue weighted by Crippen LogP contribution is -2.26. The molecule has 1 aliphatic rings. The van der Waals surface area contributed by atoms with Crippen molar-refractivity contribution in [1.29, 1.82) is 0 Å². The number of halogens is 1. The number of carboxylic acid groups (broad SMARTS) is 1. The Morgan fingerprint density at radius 3 is 2.68 bits per heavy atom. The highest BCUT2D eigenvalue weighted by Crippen LogP contribution is 2.43. The molecule has 1 N–H and O–H groups in total. The fraction of sp³-hybridized carbons (Fsp3) is 0.500. The summed E-state index contributed by atoms with van der Waals surface area (Å²) in [6.07, 6.45) is 1.08. The minimum absolute atomic E-state index is 0.185. The molecule has 1 heterocycles. The smallest absolute Gasteiger partial charge is 0.309 e. The SMILES string of the molecule is CCc1c(CC(C)(C)C(=O)O)c(Cl)cc2c1OCO2. The van der Waals surface area contributed by atoms with Crippen molar-refractivity contribution in [3.63, 3.8) is 0 Å². The van der Waals surface area contributed by atoms with Crippen LogP contribution in [-0.2, 0) is 17.6 Å². The standard InChI is InChI=1S/C14H17ClO4/c1-4-8-9(6-14(2,3)13(16)17)10(15)5-11-12(8)19-7-18-11/h5H,4,6-7H2,1-3H3,(H,16,17). The minimum atomic E-state index is -0.874. The highest BCUT2D eigenvalue weighted by Gasteiger charge is 2.31. The molecule has 0 saturated heterocycles. The number of rotatable bonds is 4. The molecule has 1 aromatic rings. The topological polar surface area (TPSA) is 55.8 Å². The third-order valence-corrected chi connectivity index (χ3v) is 3.71. The number of ether oxygens (including phenoxy) is 2. The van der Waals surface area contributed by atoms with E-state index >= 15 is 0 Å². The number of benzene rings is 1. The van der Waals surface area contributed by atoms with Crippen molar-refractivity contribution >= 4 is 17.6 Å². The van der Waals surface area contributed by atoms with Gasteiger partial charge in [0.1, 0.15) is 0 Å². The van der Waals surface area contributed by atoms with E-state index in [0.717, 1.165) is 17.5 Å². The van der Waals surface area contributed by atoms with Crippen LogP contribution in [0.25, 0.3) is 0 Å². The van der Waals surface area contributed by atoms with Gasteiger partial charge in [0.15, 0.2) is 11.5 Å². The number of carboxylic acids is 1. The van der Waals surface area contributed by atoms with E-state index in [1.807, 2.05) is 6.92 Å². The quantitative estimate of drug-likeness (QED) is 0.922. The van der Waals surface area contributed by atoms with Gasteiger partial charge in [-0.25, -0.2) is 0 Å². The van der Waals surface area contributed by atoms with E-state index in [4.69, 9.17) is 21.1 Å². The van der Waals surface area contributed by atoms with Crippen molar-refractivity contribution in [2.45, 2.75) is 33.6 Å². The summed E-state index contributed by atoms with van der Waals surface area (Å²) >= 11 is 6.27. The van der Waals surface area contributed by atoms with Gasteiger partial charge in [0.25, 0.3) is 0 Å². The molecule has 19 heavy (non-hydrogen) atoms. The molecule has 0 bridgehead atoms. The van der Waals surface area contributed by atoms with E-state index < -0.39 is 11.4 Å². The van der Waals surface area contributed by atoms with Gasteiger partial charge in [-0.05, 0) is 32.3 Å². The van der Waals surface area contributed by atoms with Crippen LogP contribution in [0.2, 0.25) is 5.02 Å². The highest BCUT2D eigenvalue weighted by atomic mass is 35.5. The summed E-state index contributed by atoms with van der Waals surface area (Å²) in [5, 5.41) is 9.79. The molecular formula is C14H17ClO4. The molecule has 0 unspecified atom stereocenters. The van der Waals surface area contributed by atoms with Gasteiger partial charge in [0.05, 0.1) is 5.41 Å². The Bertz CT molecular complexity index is 523. The van der Waals surface area contributed by atoms with Gasteiger partial charge in [0.2, 0.25) is 6.79 Å². The number of aliphatic carboxylic acids is 1. The molecule has 4 nitrogen and oxygen atoms in total. The van der Waals surface area contributed by atoms with Crippen molar-refractivity contribution in [2.24, 2.45) is 5.41 Å². The summed E-state index contributed by atoms with van der Waals surface area (Å²) in [5.74, 6) is 0.491. The monoisotopic (exact) mass is 284 g/mol. The van der Waals surface area contributed by atoms with Crippen LogP contribution in [0.5, 0.6) is 11.5 Å². The molecule has 0 fully saturated rings. The van der Waals surface area contributed by atoms with Gasteiger partial charge in [-0.3, -0.25) is 4.79 Å². The highest BCUT2D eigenvalue weighted by molar-refractivity contribution is 6.31. The average molecular weight is 285 g/mol. The lowest BCUT2D eigenvalue weighted by atomic mass is 9.83. The molecule has 0 amide bonds. The Morgan fingerprint density at radius 1 is 1.42 bits per heavy atom. The molecule has 1 aromatic carbocycles. The summed E-state index contributed by atoms with van der Waals surface area (Å²) in [5.41, 5.74) is 0.900. The van der Waals surface area contributed by atoms with Gasteiger partial charge >= 0.3 is 5.97 Å². The Kier molecular flexibility index (Phi) is 3.63. The van der Waals surface area contributed by atoms with E-state index in [-0.39, 0.29) is 6.79 Å². The summed E-state index contributed by atoms with van der Waals surface area (Å²) in [7, 11) is 0. The Morgan fingerprint density at radius 2 is 2.11 bits per heavy atom. The summed E-state index contributed by atoms with van der Waals surface area (Å²) in [4.78, 5) is 11.3. The first kappa shape index (κ1) is 14.0. The van der Waals surface area contributed by atoms with E-state index in [1.54, 1.807) is 19.9 Å². The van der Waals surface area contributed by atoms with Crippen LogP contribution < -0.4 is 9.47 Å². The zero-order chi connectivity index (χ0) is 14.2. The summed E-state index contributed by atoms with van der Waals surface area (Å²) in [6.45, 7) is 5.56. The predicted octanol–water partition coefficient (Wildman–Crippen LogP) is 3.28. The van der Waals surface area contributed by atoms with Gasteiger partial charge < -0.3 is 14.6 Å². The Balaban J connectivity index is 2.49. The number of carbonyl (C=O) groups is 1. The van der Waals surface area contributed by atoms with Crippen LogP contribution in [0.15, 0.2) is 6.07 Å². The molecule has 0 saturated carbocycles. The second-order valence-corrected chi connectivity index (χ2v) is 5.68. The molecule has 0 atom stereocenters. The molecule has 0 spiro atoms. The zero-order valence-corrected chi connectivity index (χ0v) is 12.0. The van der Waals surface area contributed by atoms with Crippen LogP contribution in [0.1, 0.15) is 31.9 Å². The molecule has 1 aliphatic heterocycles. The third-order valence-electron chi connectivity index (χ3n) is 3.38. The average Bonchev–Trinajstić information content (AvgIpc) is 2.77. The molecule has 0 aromatic heterocycles. The van der Waals surface area contributed by atoms with Crippen molar-refractivity contribution in [3.8, 4) is 11.5 Å². The first-order valence-electron chi connectivity index (χ1n) is 6.20. The van der Waals surface area contributed by atoms with E-state index in [2.05, 4.69) is 0 Å². The molecule has 0 aliphatic carbocycles. The fourth-order valence-corrected chi connectivity index (χ4v) is 2.48. The van der Waals surface area contributed by atoms with Crippen molar-refractivity contribution in [2.75, 3.05) is 6.79 Å². The maximum atomic E-state index is 11.3. The summed E-state index contributed by atoms with van der Waals surface area (Å²) in [6, 6.07) is 1.70. The third kappa shape index (κ3) is 2.50. The van der Waals surface area contributed by atoms with Crippen LogP contribution in [0.3, 0.4) is 0 Å². The maximum absolute atomic E-state index is 11.3. The van der Waals surface area contributed by atoms with Crippen molar-refractivity contribution < 1.29 is 19.4 Å². The molecule has 5 heteroatoms. The van der Waals surface area contributed by atoms with E-state index in [9.17, 15) is 9.90 Å². The van der Waals surface area contributed by atoms with Crippen molar-refractivity contribution in [3.05, 3.63) is 22.2 Å². The lowest BCUT2D eigenvalue weighted by Gasteiger charge is -2.22. The van der Waals surface area contributed by atoms with Crippen LogP contribution in [0, 0.1) is 5.41 Å². The summed E-state index contributed by atoms with van der Waals surface area (Å²) < 4.78 is 10.8. The second kappa shape index (κ2) is 4.93. The van der Waals surface area contributed by atoms with Gasteiger partial charge in [-0.1, -0.05) is 18.5 Å².